The lowest BCUT2D eigenvalue weighted by molar-refractivity contribution is 0.457. The van der Waals surface area contributed by atoms with Gasteiger partial charge in [-0.15, -0.1) is 0 Å². The molecule has 0 amide bonds. The second-order valence-corrected chi connectivity index (χ2v) is 4.60. The van der Waals surface area contributed by atoms with Crippen molar-refractivity contribution >= 4 is 22.6 Å². The molecule has 80 valence electrons. The molecule has 0 atom stereocenters. The number of nitrogens with two attached hydrogens (primary N) is 1. The summed E-state index contributed by atoms with van der Waals surface area (Å²) in [6, 6.07) is 1.99. The Kier molecular flexibility index (Phi) is 3.11. The third-order valence-electron chi connectivity index (χ3n) is 2.21. The van der Waals surface area contributed by atoms with Gasteiger partial charge in [-0.25, -0.2) is 0 Å². The number of nitrogens with zero attached hydrogens (tertiary/aromatic N) is 2. The van der Waals surface area contributed by atoms with E-state index >= 15 is 0 Å². The summed E-state index contributed by atoms with van der Waals surface area (Å²) >= 11 is 2.23. The molecule has 0 saturated carbocycles. The monoisotopic (exact) mass is 317 g/mol. The number of aromatic nitrogens is 2. The Bertz CT molecular complexity index is 461. The molecular formula is C10H12IN3O. The second-order valence-electron chi connectivity index (χ2n) is 3.35. The molecule has 0 fully saturated rings. The summed E-state index contributed by atoms with van der Waals surface area (Å²) in [4.78, 5) is 0. The molecule has 0 aromatic carbocycles. The van der Waals surface area contributed by atoms with Crippen molar-refractivity contribution in [3.63, 3.8) is 0 Å². The first-order chi connectivity index (χ1) is 7.19. The topological polar surface area (TPSA) is 57.0 Å². The molecule has 0 aliphatic rings. The van der Waals surface area contributed by atoms with E-state index in [-0.39, 0.29) is 0 Å². The van der Waals surface area contributed by atoms with Gasteiger partial charge in [-0.05, 0) is 35.6 Å². The van der Waals surface area contributed by atoms with E-state index in [0.717, 1.165) is 20.7 Å². The fraction of sp³-hybridized carbons (Fsp3) is 0.300. The summed E-state index contributed by atoms with van der Waals surface area (Å²) in [7, 11) is 0. The van der Waals surface area contributed by atoms with E-state index in [1.807, 2.05) is 30.1 Å². The van der Waals surface area contributed by atoms with Crippen LogP contribution in [0.15, 0.2) is 22.9 Å². The van der Waals surface area contributed by atoms with Gasteiger partial charge in [0.25, 0.3) is 0 Å². The summed E-state index contributed by atoms with van der Waals surface area (Å²) in [6.45, 7) is 3.11. The molecule has 2 aromatic heterocycles. The van der Waals surface area contributed by atoms with Gasteiger partial charge in [0.1, 0.15) is 11.5 Å². The van der Waals surface area contributed by atoms with Crippen molar-refractivity contribution in [2.75, 3.05) is 0 Å². The summed E-state index contributed by atoms with van der Waals surface area (Å²) in [5.74, 6) is 1.79. The molecule has 0 aliphatic carbocycles. The van der Waals surface area contributed by atoms with E-state index in [2.05, 4.69) is 27.7 Å². The minimum Gasteiger partial charge on any atom is -0.464 e. The Morgan fingerprint density at radius 1 is 1.60 bits per heavy atom. The molecule has 0 saturated heterocycles. The van der Waals surface area contributed by atoms with Crippen molar-refractivity contribution < 1.29 is 4.42 Å². The molecule has 2 rings (SSSR count). The Hall–Kier alpha value is -0.820. The third-order valence-corrected chi connectivity index (χ3v) is 2.77. The van der Waals surface area contributed by atoms with Gasteiger partial charge < -0.3 is 10.2 Å². The first-order valence-electron chi connectivity index (χ1n) is 4.65. The number of rotatable bonds is 3. The molecule has 2 heterocycles. The molecule has 2 aromatic rings. The number of hydrogen-bond donors (Lipinski definition) is 1. The number of furan rings is 1. The maximum atomic E-state index is 5.58. The van der Waals surface area contributed by atoms with Crippen molar-refractivity contribution in [1.29, 1.82) is 0 Å². The lowest BCUT2D eigenvalue weighted by Crippen LogP contribution is -1.98. The van der Waals surface area contributed by atoms with Crippen molar-refractivity contribution in [2.45, 2.75) is 20.0 Å². The first kappa shape index (κ1) is 10.7. The van der Waals surface area contributed by atoms with Crippen LogP contribution in [-0.2, 0) is 13.1 Å². The predicted octanol–water partition coefficient (Wildman–Crippen LogP) is 1.90. The van der Waals surface area contributed by atoms with Crippen LogP contribution in [0.25, 0.3) is 0 Å². The molecule has 0 radical (unpaired) electrons. The van der Waals surface area contributed by atoms with Crippen molar-refractivity contribution in [1.82, 2.24) is 9.78 Å². The van der Waals surface area contributed by atoms with E-state index in [0.29, 0.717) is 13.1 Å². The van der Waals surface area contributed by atoms with Crippen LogP contribution >= 0.6 is 22.6 Å². The molecule has 2 N–H and O–H groups in total. The van der Waals surface area contributed by atoms with Crippen LogP contribution in [0.2, 0.25) is 0 Å². The lowest BCUT2D eigenvalue weighted by Gasteiger charge is -1.95. The van der Waals surface area contributed by atoms with E-state index in [1.165, 1.54) is 0 Å². The van der Waals surface area contributed by atoms with Gasteiger partial charge >= 0.3 is 0 Å². The van der Waals surface area contributed by atoms with Crippen LogP contribution in [0.1, 0.15) is 17.1 Å². The maximum absolute atomic E-state index is 5.58. The normalized spacial score (nSPS) is 10.9. The summed E-state index contributed by atoms with van der Waals surface area (Å²) in [5.41, 5.74) is 6.64. The molecule has 4 nitrogen and oxygen atoms in total. The summed E-state index contributed by atoms with van der Waals surface area (Å²) in [6.07, 6.45) is 3.79. The molecule has 0 bridgehead atoms. The average molecular weight is 317 g/mol. The van der Waals surface area contributed by atoms with Crippen LogP contribution in [0.3, 0.4) is 0 Å². The zero-order valence-corrected chi connectivity index (χ0v) is 10.6. The van der Waals surface area contributed by atoms with Gasteiger partial charge in [-0.2, -0.15) is 5.10 Å². The van der Waals surface area contributed by atoms with Gasteiger partial charge in [0.2, 0.25) is 0 Å². The number of halogens is 1. The molecule has 0 aliphatic heterocycles. The Labute approximate surface area is 102 Å². The fourth-order valence-corrected chi connectivity index (χ4v) is 1.90. The van der Waals surface area contributed by atoms with Crippen LogP contribution in [0.4, 0.5) is 0 Å². The second kappa shape index (κ2) is 4.36. The lowest BCUT2D eigenvalue weighted by atomic mass is 10.2. The highest BCUT2D eigenvalue weighted by Gasteiger charge is 2.06. The molecular weight excluding hydrogens is 305 g/mol. The van der Waals surface area contributed by atoms with Crippen LogP contribution < -0.4 is 5.73 Å². The minimum absolute atomic E-state index is 0.520. The standard InChI is InChI=1S/C10H12IN3O/c1-7-8(3-12)2-10(15-7)6-14-5-9(11)4-13-14/h2,4-5H,3,6,12H2,1H3. The van der Waals surface area contributed by atoms with Gasteiger partial charge in [0.05, 0.1) is 16.3 Å². The molecule has 5 heteroatoms. The minimum atomic E-state index is 0.520. The third kappa shape index (κ3) is 2.40. The van der Waals surface area contributed by atoms with Gasteiger partial charge in [-0.3, -0.25) is 4.68 Å². The van der Waals surface area contributed by atoms with Gasteiger partial charge in [0, 0.05) is 18.3 Å². The van der Waals surface area contributed by atoms with Gasteiger partial charge in [0.15, 0.2) is 0 Å². The fourth-order valence-electron chi connectivity index (χ4n) is 1.45. The highest BCUT2D eigenvalue weighted by molar-refractivity contribution is 14.1. The van der Waals surface area contributed by atoms with Crippen molar-refractivity contribution in [3.05, 3.63) is 39.1 Å². The van der Waals surface area contributed by atoms with E-state index in [4.69, 9.17) is 10.2 Å². The molecule has 0 spiro atoms. The van der Waals surface area contributed by atoms with Crippen molar-refractivity contribution in [2.24, 2.45) is 5.73 Å². The van der Waals surface area contributed by atoms with Gasteiger partial charge in [-0.1, -0.05) is 0 Å². The predicted molar refractivity (Wildman–Crippen MR) is 65.4 cm³/mol. The summed E-state index contributed by atoms with van der Waals surface area (Å²) in [5, 5.41) is 4.19. The quantitative estimate of drug-likeness (QED) is 0.880. The van der Waals surface area contributed by atoms with Crippen LogP contribution in [0, 0.1) is 10.5 Å². The van der Waals surface area contributed by atoms with E-state index < -0.39 is 0 Å². The van der Waals surface area contributed by atoms with Crippen LogP contribution in [-0.4, -0.2) is 9.78 Å². The van der Waals surface area contributed by atoms with Crippen molar-refractivity contribution in [3.8, 4) is 0 Å². The summed E-state index contributed by atoms with van der Waals surface area (Å²) < 4.78 is 8.54. The highest BCUT2D eigenvalue weighted by Crippen LogP contribution is 2.15. The first-order valence-corrected chi connectivity index (χ1v) is 5.73. The highest BCUT2D eigenvalue weighted by atomic mass is 127. The number of aryl methyl sites for hydroxylation is 1. The zero-order valence-electron chi connectivity index (χ0n) is 8.40. The van der Waals surface area contributed by atoms with E-state index in [9.17, 15) is 0 Å². The molecule has 15 heavy (non-hydrogen) atoms. The zero-order chi connectivity index (χ0) is 10.8. The maximum Gasteiger partial charge on any atom is 0.125 e. The SMILES string of the molecule is Cc1oc(Cn2cc(I)cn2)cc1CN. The average Bonchev–Trinajstić information content (AvgIpc) is 2.73. The number of hydrogen-bond acceptors (Lipinski definition) is 3. The smallest absolute Gasteiger partial charge is 0.125 e. The Morgan fingerprint density at radius 3 is 2.93 bits per heavy atom. The Morgan fingerprint density at radius 2 is 2.40 bits per heavy atom. The molecule has 0 unspecified atom stereocenters. The Balaban J connectivity index is 2.17. The van der Waals surface area contributed by atoms with E-state index in [1.54, 1.807) is 0 Å². The largest absolute Gasteiger partial charge is 0.464 e. The van der Waals surface area contributed by atoms with Crippen LogP contribution in [0.5, 0.6) is 0 Å².